The number of carbonyl (C=O) groups excluding carboxylic acids is 3. The van der Waals surface area contributed by atoms with Crippen LogP contribution in [0.1, 0.15) is 70.2 Å². The fraction of sp³-hybridized carbons (Fsp3) is 0.560. The van der Waals surface area contributed by atoms with Gasteiger partial charge in [0.25, 0.3) is 5.91 Å². The third kappa shape index (κ3) is 8.43. The highest BCUT2D eigenvalue weighted by molar-refractivity contribution is 5.93. The van der Waals surface area contributed by atoms with Crippen LogP contribution in [-0.4, -0.2) is 52.2 Å². The minimum absolute atomic E-state index is 0.125. The molecule has 1 aromatic carbocycles. The van der Waals surface area contributed by atoms with E-state index in [1.54, 1.807) is 32.9 Å². The van der Waals surface area contributed by atoms with Crippen LogP contribution in [0.3, 0.4) is 0 Å². The fourth-order valence-corrected chi connectivity index (χ4v) is 3.25. The van der Waals surface area contributed by atoms with Gasteiger partial charge in [0.2, 0.25) is 5.91 Å². The van der Waals surface area contributed by atoms with Gasteiger partial charge in [-0.15, -0.1) is 0 Å². The van der Waals surface area contributed by atoms with Gasteiger partial charge in [0.05, 0.1) is 6.61 Å². The number of hydrogen-bond acceptors (Lipinski definition) is 5. The largest absolute Gasteiger partial charge is 0.444 e. The lowest BCUT2D eigenvalue weighted by Gasteiger charge is -2.30. The molecule has 0 aromatic heterocycles. The highest BCUT2D eigenvalue weighted by atomic mass is 16.6. The van der Waals surface area contributed by atoms with Crippen molar-refractivity contribution in [2.45, 2.75) is 85.0 Å². The predicted octanol–water partition coefficient (Wildman–Crippen LogP) is 2.95. The molecule has 0 aliphatic rings. The number of aliphatic hydroxyl groups is 1. The van der Waals surface area contributed by atoms with E-state index in [1.165, 1.54) is 0 Å². The van der Waals surface area contributed by atoms with Crippen molar-refractivity contribution in [2.75, 3.05) is 6.61 Å². The molecule has 1 rings (SSSR count). The van der Waals surface area contributed by atoms with Crippen LogP contribution in [0, 0.1) is 26.3 Å². The van der Waals surface area contributed by atoms with Crippen molar-refractivity contribution in [3.63, 3.8) is 0 Å². The van der Waals surface area contributed by atoms with Crippen LogP contribution < -0.4 is 10.6 Å². The highest BCUT2D eigenvalue weighted by Gasteiger charge is 2.36. The summed E-state index contributed by atoms with van der Waals surface area (Å²) in [7, 11) is 0. The zero-order valence-corrected chi connectivity index (χ0v) is 20.7. The molecule has 0 fully saturated rings. The summed E-state index contributed by atoms with van der Waals surface area (Å²) in [5.74, 6) is -1.24. The average molecular weight is 460 g/mol. The number of terminal acetylenes is 1. The summed E-state index contributed by atoms with van der Waals surface area (Å²) in [6.07, 6.45) is 6.44. The maximum Gasteiger partial charge on any atom is 0.408 e. The number of amides is 3. The SMILES string of the molecule is C#CN(C(=O)C(CO)NC(=O)OC(C)(C)C)C(C(=O)NC(C)CCC)c1ccc(C)c(C)c1. The summed E-state index contributed by atoms with van der Waals surface area (Å²) in [4.78, 5) is 39.6. The van der Waals surface area contributed by atoms with E-state index in [0.717, 1.165) is 28.9 Å². The molecule has 0 saturated heterocycles. The third-order valence-electron chi connectivity index (χ3n) is 5.01. The van der Waals surface area contributed by atoms with Gasteiger partial charge in [-0.1, -0.05) is 38.0 Å². The van der Waals surface area contributed by atoms with Gasteiger partial charge >= 0.3 is 6.09 Å². The van der Waals surface area contributed by atoms with E-state index < -0.39 is 42.2 Å². The molecule has 182 valence electrons. The summed E-state index contributed by atoms with van der Waals surface area (Å²) in [6.45, 7) is 12.0. The second kappa shape index (κ2) is 12.3. The first-order valence-corrected chi connectivity index (χ1v) is 11.1. The van der Waals surface area contributed by atoms with E-state index in [2.05, 4.69) is 16.7 Å². The maximum atomic E-state index is 13.3. The molecule has 3 atom stereocenters. The molecule has 8 nitrogen and oxygen atoms in total. The Balaban J connectivity index is 3.32. The number of nitrogens with zero attached hydrogens (tertiary/aromatic N) is 1. The lowest BCUT2D eigenvalue weighted by atomic mass is 9.98. The van der Waals surface area contributed by atoms with Crippen molar-refractivity contribution in [2.24, 2.45) is 0 Å². The highest BCUT2D eigenvalue weighted by Crippen LogP contribution is 2.24. The molecular formula is C25H37N3O5. The van der Waals surface area contributed by atoms with Crippen molar-refractivity contribution >= 4 is 17.9 Å². The molecule has 8 heteroatoms. The topological polar surface area (TPSA) is 108 Å². The molecule has 3 unspecified atom stereocenters. The Morgan fingerprint density at radius 1 is 1.18 bits per heavy atom. The predicted molar refractivity (Wildman–Crippen MR) is 127 cm³/mol. The molecule has 0 bridgehead atoms. The molecule has 0 radical (unpaired) electrons. The number of ether oxygens (including phenoxy) is 1. The third-order valence-corrected chi connectivity index (χ3v) is 5.01. The Morgan fingerprint density at radius 2 is 1.82 bits per heavy atom. The number of rotatable bonds is 9. The smallest absolute Gasteiger partial charge is 0.408 e. The molecule has 1 aromatic rings. The first-order valence-electron chi connectivity index (χ1n) is 11.1. The van der Waals surface area contributed by atoms with Crippen molar-refractivity contribution in [3.05, 3.63) is 34.9 Å². The van der Waals surface area contributed by atoms with Crippen molar-refractivity contribution in [1.29, 1.82) is 0 Å². The van der Waals surface area contributed by atoms with Crippen LogP contribution in [0.4, 0.5) is 4.79 Å². The summed E-state index contributed by atoms with van der Waals surface area (Å²) < 4.78 is 5.17. The summed E-state index contributed by atoms with van der Waals surface area (Å²) in [5.41, 5.74) is 1.69. The molecule has 3 N–H and O–H groups in total. The van der Waals surface area contributed by atoms with E-state index in [4.69, 9.17) is 11.2 Å². The van der Waals surface area contributed by atoms with Gasteiger partial charge in [-0.2, -0.15) is 0 Å². The van der Waals surface area contributed by atoms with Crippen molar-refractivity contribution < 1.29 is 24.2 Å². The summed E-state index contributed by atoms with van der Waals surface area (Å²) >= 11 is 0. The monoisotopic (exact) mass is 459 g/mol. The molecular weight excluding hydrogens is 422 g/mol. The molecule has 0 spiro atoms. The minimum atomic E-state index is -1.38. The Hall–Kier alpha value is -3.05. The zero-order valence-electron chi connectivity index (χ0n) is 20.7. The normalized spacial score (nSPS) is 13.8. The molecule has 0 heterocycles. The van der Waals surface area contributed by atoms with E-state index in [0.29, 0.717) is 5.56 Å². The Kier molecular flexibility index (Phi) is 10.4. The minimum Gasteiger partial charge on any atom is -0.444 e. The van der Waals surface area contributed by atoms with Crippen molar-refractivity contribution in [3.8, 4) is 12.5 Å². The number of hydrogen-bond donors (Lipinski definition) is 3. The quantitative estimate of drug-likeness (QED) is 0.389. The number of aryl methyl sites for hydroxylation is 2. The van der Waals surface area contributed by atoms with Gasteiger partial charge in [-0.3, -0.25) is 14.5 Å². The Labute approximate surface area is 197 Å². The standard InChI is InChI=1S/C25H37N3O5/c1-9-11-18(5)26-22(30)21(19-13-12-16(3)17(4)14-19)28(10-2)23(31)20(15-29)27-24(32)33-25(6,7)8/h2,12-14,18,20-21,29H,9,11,15H2,1,3-8H3,(H,26,30)(H,27,32). The number of nitrogens with one attached hydrogen (secondary N) is 2. The second-order valence-electron chi connectivity index (χ2n) is 9.16. The molecule has 0 saturated carbocycles. The first-order chi connectivity index (χ1) is 15.3. The number of carbonyl (C=O) groups is 3. The molecule has 3 amide bonds. The lowest BCUT2D eigenvalue weighted by molar-refractivity contribution is -0.139. The lowest BCUT2D eigenvalue weighted by Crippen LogP contribution is -2.53. The van der Waals surface area contributed by atoms with E-state index in [1.807, 2.05) is 33.8 Å². The van der Waals surface area contributed by atoms with Gasteiger partial charge in [0.15, 0.2) is 0 Å². The van der Waals surface area contributed by atoms with Crippen LogP contribution in [0.5, 0.6) is 0 Å². The number of alkyl carbamates (subject to hydrolysis) is 1. The fourth-order valence-electron chi connectivity index (χ4n) is 3.25. The van der Waals surface area contributed by atoms with Gasteiger partial charge < -0.3 is 20.5 Å². The van der Waals surface area contributed by atoms with Gasteiger partial charge in [-0.05, 0) is 64.7 Å². The molecule has 0 aliphatic heterocycles. The summed E-state index contributed by atoms with van der Waals surface area (Å²) in [5, 5.41) is 15.0. The van der Waals surface area contributed by atoms with E-state index >= 15 is 0 Å². The van der Waals surface area contributed by atoms with Gasteiger partial charge in [0.1, 0.15) is 17.7 Å². The molecule has 33 heavy (non-hydrogen) atoms. The van der Waals surface area contributed by atoms with Crippen LogP contribution in [-0.2, 0) is 14.3 Å². The average Bonchev–Trinajstić information content (AvgIpc) is 2.70. The first kappa shape index (κ1) is 28.0. The van der Waals surface area contributed by atoms with Crippen LogP contribution >= 0.6 is 0 Å². The molecule has 0 aliphatic carbocycles. The second-order valence-corrected chi connectivity index (χ2v) is 9.16. The van der Waals surface area contributed by atoms with Crippen LogP contribution in [0.15, 0.2) is 18.2 Å². The zero-order chi connectivity index (χ0) is 25.3. The van der Waals surface area contributed by atoms with Gasteiger partial charge in [0, 0.05) is 12.1 Å². The number of aliphatic hydroxyl groups excluding tert-OH is 1. The Morgan fingerprint density at radius 3 is 2.30 bits per heavy atom. The van der Waals surface area contributed by atoms with Crippen molar-refractivity contribution in [1.82, 2.24) is 15.5 Å². The van der Waals surface area contributed by atoms with Gasteiger partial charge in [-0.25, -0.2) is 4.79 Å². The summed E-state index contributed by atoms with van der Waals surface area (Å²) in [6, 6.07) is 5.02. The van der Waals surface area contributed by atoms with E-state index in [9.17, 15) is 19.5 Å². The van der Waals surface area contributed by atoms with E-state index in [-0.39, 0.29) is 6.04 Å². The maximum absolute atomic E-state index is 13.3. The Bertz CT molecular complexity index is 885. The number of benzene rings is 1. The van der Waals surface area contributed by atoms with Crippen LogP contribution in [0.25, 0.3) is 0 Å². The van der Waals surface area contributed by atoms with Crippen LogP contribution in [0.2, 0.25) is 0 Å².